The summed E-state index contributed by atoms with van der Waals surface area (Å²) in [4.78, 5) is 15.4. The van der Waals surface area contributed by atoms with Crippen LogP contribution in [-0.2, 0) is 11.3 Å². The highest BCUT2D eigenvalue weighted by molar-refractivity contribution is 8.00. The molecular formula is C17H24N2OS. The average Bonchev–Trinajstić information content (AvgIpc) is 3.36. The van der Waals surface area contributed by atoms with Crippen LogP contribution in [0.15, 0.2) is 29.2 Å². The first kappa shape index (κ1) is 14.9. The van der Waals surface area contributed by atoms with Crippen molar-refractivity contribution in [1.82, 2.24) is 10.2 Å². The molecule has 4 heteroatoms. The second kappa shape index (κ2) is 7.32. The van der Waals surface area contributed by atoms with Gasteiger partial charge in [0.2, 0.25) is 5.91 Å². The third kappa shape index (κ3) is 4.75. The van der Waals surface area contributed by atoms with Gasteiger partial charge in [0.05, 0.1) is 5.75 Å². The number of nitrogens with zero attached hydrogens (tertiary/aromatic N) is 1. The zero-order valence-electron chi connectivity index (χ0n) is 12.5. The minimum Gasteiger partial charge on any atom is -0.342 e. The van der Waals surface area contributed by atoms with Gasteiger partial charge in [0.1, 0.15) is 0 Å². The first-order valence-electron chi connectivity index (χ1n) is 8.04. The molecule has 3 nitrogen and oxygen atoms in total. The highest BCUT2D eigenvalue weighted by atomic mass is 32.2. The first-order chi connectivity index (χ1) is 10.3. The molecule has 2 aliphatic rings. The van der Waals surface area contributed by atoms with E-state index in [4.69, 9.17) is 0 Å². The molecule has 1 aromatic carbocycles. The molecule has 1 saturated carbocycles. The van der Waals surface area contributed by atoms with E-state index in [1.807, 2.05) is 4.90 Å². The zero-order chi connectivity index (χ0) is 14.5. The molecule has 1 aliphatic heterocycles. The predicted octanol–water partition coefficient (Wildman–Crippen LogP) is 3.04. The van der Waals surface area contributed by atoms with Crippen LogP contribution >= 0.6 is 11.8 Å². The Morgan fingerprint density at radius 2 is 2.05 bits per heavy atom. The van der Waals surface area contributed by atoms with E-state index >= 15 is 0 Å². The van der Waals surface area contributed by atoms with E-state index in [1.54, 1.807) is 11.8 Å². The van der Waals surface area contributed by atoms with Crippen LogP contribution in [0.2, 0.25) is 0 Å². The summed E-state index contributed by atoms with van der Waals surface area (Å²) in [6.45, 7) is 2.84. The Bertz CT molecular complexity index is 481. The molecule has 0 spiro atoms. The van der Waals surface area contributed by atoms with Gasteiger partial charge in [0.15, 0.2) is 0 Å². The minimum absolute atomic E-state index is 0.293. The van der Waals surface area contributed by atoms with E-state index in [1.165, 1.54) is 42.6 Å². The number of thioether (sulfide) groups is 1. The van der Waals surface area contributed by atoms with Crippen LogP contribution in [0.3, 0.4) is 0 Å². The molecule has 1 amide bonds. The fourth-order valence-electron chi connectivity index (χ4n) is 2.67. The van der Waals surface area contributed by atoms with Crippen molar-refractivity contribution >= 4 is 17.7 Å². The van der Waals surface area contributed by atoms with E-state index in [0.717, 1.165) is 25.7 Å². The maximum Gasteiger partial charge on any atom is 0.232 e. The summed E-state index contributed by atoms with van der Waals surface area (Å²) in [5.74, 6) is 0.862. The largest absolute Gasteiger partial charge is 0.342 e. The number of carbonyl (C=O) groups is 1. The van der Waals surface area contributed by atoms with Gasteiger partial charge in [-0.1, -0.05) is 12.1 Å². The van der Waals surface area contributed by atoms with Crippen molar-refractivity contribution < 1.29 is 4.79 Å². The van der Waals surface area contributed by atoms with E-state index in [2.05, 4.69) is 29.6 Å². The van der Waals surface area contributed by atoms with Crippen LogP contribution in [0.5, 0.6) is 0 Å². The van der Waals surface area contributed by atoms with Gasteiger partial charge >= 0.3 is 0 Å². The topological polar surface area (TPSA) is 32.3 Å². The molecule has 1 heterocycles. The monoisotopic (exact) mass is 304 g/mol. The normalized spacial score (nSPS) is 18.8. The lowest BCUT2D eigenvalue weighted by atomic mass is 10.1. The van der Waals surface area contributed by atoms with Gasteiger partial charge in [0.25, 0.3) is 0 Å². The number of rotatable bonds is 6. The molecule has 21 heavy (non-hydrogen) atoms. The fourth-order valence-corrected chi connectivity index (χ4v) is 3.56. The third-order valence-corrected chi connectivity index (χ3v) is 5.12. The zero-order valence-corrected chi connectivity index (χ0v) is 13.3. The van der Waals surface area contributed by atoms with Crippen molar-refractivity contribution in [2.75, 3.05) is 18.8 Å². The Morgan fingerprint density at radius 1 is 1.24 bits per heavy atom. The highest BCUT2D eigenvalue weighted by Gasteiger charge is 2.20. The molecule has 3 rings (SSSR count). The van der Waals surface area contributed by atoms with Gasteiger partial charge in [-0.25, -0.2) is 0 Å². The summed E-state index contributed by atoms with van der Waals surface area (Å²) in [6, 6.07) is 9.31. The molecule has 1 aromatic rings. The van der Waals surface area contributed by atoms with Crippen LogP contribution in [0.1, 0.15) is 37.7 Å². The molecule has 0 unspecified atom stereocenters. The van der Waals surface area contributed by atoms with Crippen molar-refractivity contribution in [3.8, 4) is 0 Å². The van der Waals surface area contributed by atoms with Gasteiger partial charge in [-0.05, 0) is 49.8 Å². The van der Waals surface area contributed by atoms with Crippen LogP contribution < -0.4 is 5.32 Å². The van der Waals surface area contributed by atoms with Crippen molar-refractivity contribution in [3.05, 3.63) is 29.8 Å². The lowest BCUT2D eigenvalue weighted by Crippen LogP contribution is -2.36. The summed E-state index contributed by atoms with van der Waals surface area (Å²) in [5, 5.41) is 3.53. The second-order valence-corrected chi connectivity index (χ2v) is 7.08. The molecule has 1 aliphatic carbocycles. The number of nitrogens with one attached hydrogen (secondary N) is 1. The second-order valence-electron chi connectivity index (χ2n) is 6.03. The van der Waals surface area contributed by atoms with Crippen LogP contribution in [0.25, 0.3) is 0 Å². The van der Waals surface area contributed by atoms with E-state index < -0.39 is 0 Å². The van der Waals surface area contributed by atoms with E-state index in [0.29, 0.717) is 11.7 Å². The van der Waals surface area contributed by atoms with Crippen molar-refractivity contribution in [2.24, 2.45) is 0 Å². The van der Waals surface area contributed by atoms with Crippen molar-refractivity contribution in [2.45, 2.75) is 49.6 Å². The van der Waals surface area contributed by atoms with Crippen LogP contribution in [0, 0.1) is 0 Å². The highest BCUT2D eigenvalue weighted by Crippen LogP contribution is 2.22. The standard InChI is InChI=1S/C17H24N2OS/c20-17(19-9-2-1-3-10-19)13-21-16-6-4-5-14(11-16)12-18-15-7-8-15/h4-6,11,15,18H,1-3,7-10,12-13H2. The van der Waals surface area contributed by atoms with Crippen LogP contribution in [0.4, 0.5) is 0 Å². The number of likely N-dealkylation sites (tertiary alicyclic amines) is 1. The Hall–Kier alpha value is -1.00. The number of hydrogen-bond acceptors (Lipinski definition) is 3. The maximum absolute atomic E-state index is 12.2. The Morgan fingerprint density at radius 3 is 2.81 bits per heavy atom. The molecule has 1 N–H and O–H groups in total. The van der Waals surface area contributed by atoms with Gasteiger partial charge in [-0.2, -0.15) is 0 Å². The first-order valence-corrected chi connectivity index (χ1v) is 9.03. The molecule has 114 valence electrons. The van der Waals surface area contributed by atoms with Crippen molar-refractivity contribution in [1.29, 1.82) is 0 Å². The van der Waals surface area contributed by atoms with E-state index in [-0.39, 0.29) is 0 Å². The Labute approximate surface area is 131 Å². The third-order valence-electron chi connectivity index (χ3n) is 4.14. The lowest BCUT2D eigenvalue weighted by molar-refractivity contribution is -0.129. The Balaban J connectivity index is 1.47. The summed E-state index contributed by atoms with van der Waals surface area (Å²) in [7, 11) is 0. The van der Waals surface area contributed by atoms with Gasteiger partial charge < -0.3 is 10.2 Å². The SMILES string of the molecule is O=C(CSc1cccc(CNC2CC2)c1)N1CCCCC1. The number of amides is 1. The molecule has 0 bridgehead atoms. The molecule has 2 fully saturated rings. The van der Waals surface area contributed by atoms with E-state index in [9.17, 15) is 4.79 Å². The minimum atomic E-state index is 0.293. The predicted molar refractivity (Wildman–Crippen MR) is 87.5 cm³/mol. The molecule has 1 saturated heterocycles. The lowest BCUT2D eigenvalue weighted by Gasteiger charge is -2.26. The summed E-state index contributed by atoms with van der Waals surface area (Å²) in [6.07, 6.45) is 6.24. The molecule has 0 radical (unpaired) electrons. The Kier molecular flexibility index (Phi) is 5.20. The smallest absolute Gasteiger partial charge is 0.232 e. The maximum atomic E-state index is 12.2. The molecule has 0 aromatic heterocycles. The number of benzene rings is 1. The van der Waals surface area contributed by atoms with Gasteiger partial charge in [-0.15, -0.1) is 11.8 Å². The van der Waals surface area contributed by atoms with Crippen LogP contribution in [-0.4, -0.2) is 35.7 Å². The number of hydrogen-bond donors (Lipinski definition) is 1. The molecular weight excluding hydrogens is 280 g/mol. The average molecular weight is 304 g/mol. The van der Waals surface area contributed by atoms with Gasteiger partial charge in [-0.3, -0.25) is 4.79 Å². The molecule has 0 atom stereocenters. The summed E-state index contributed by atoms with van der Waals surface area (Å²) < 4.78 is 0. The van der Waals surface area contributed by atoms with Gasteiger partial charge in [0, 0.05) is 30.6 Å². The number of piperidine rings is 1. The number of carbonyl (C=O) groups excluding carboxylic acids is 1. The fraction of sp³-hybridized carbons (Fsp3) is 0.588. The quantitative estimate of drug-likeness (QED) is 0.820. The van der Waals surface area contributed by atoms with Crippen molar-refractivity contribution in [3.63, 3.8) is 0 Å². The summed E-state index contributed by atoms with van der Waals surface area (Å²) >= 11 is 1.67. The summed E-state index contributed by atoms with van der Waals surface area (Å²) in [5.41, 5.74) is 1.32.